The molecule has 6 heteroatoms. The molecule has 0 saturated heterocycles. The maximum absolute atomic E-state index is 12.9. The molecular formula is C67H130O6. The van der Waals surface area contributed by atoms with E-state index in [-0.39, 0.29) is 31.1 Å². The Morgan fingerprint density at radius 3 is 0.548 bits per heavy atom. The Balaban J connectivity index is 4.27. The third-order valence-corrected chi connectivity index (χ3v) is 15.6. The van der Waals surface area contributed by atoms with Crippen molar-refractivity contribution in [2.75, 3.05) is 13.2 Å². The zero-order valence-electron chi connectivity index (χ0n) is 50.0. The standard InChI is InChI=1S/C67H130O6/c1-4-7-10-13-16-19-22-25-28-31-33-36-38-41-44-47-50-53-56-59-65(68)71-62-64(73-67(70)61-58-55-52-49-46-43-40-35-30-27-24-21-18-15-12-9-6-3)63-72-66(69)60-57-54-51-48-45-42-39-37-34-32-29-26-23-20-17-14-11-8-5-2/h64H,4-63H2,1-3H3. The van der Waals surface area contributed by atoms with Gasteiger partial charge < -0.3 is 14.2 Å². The fourth-order valence-electron chi connectivity index (χ4n) is 10.6. The fourth-order valence-corrected chi connectivity index (χ4v) is 10.6. The molecule has 0 spiro atoms. The summed E-state index contributed by atoms with van der Waals surface area (Å²) in [5.74, 6) is -0.820. The largest absolute Gasteiger partial charge is 0.462 e. The van der Waals surface area contributed by atoms with E-state index < -0.39 is 6.10 Å². The van der Waals surface area contributed by atoms with Crippen molar-refractivity contribution in [1.29, 1.82) is 0 Å². The summed E-state index contributed by atoms with van der Waals surface area (Å²) in [6, 6.07) is 0. The molecule has 6 nitrogen and oxygen atoms in total. The molecule has 0 aromatic rings. The minimum atomic E-state index is -0.763. The highest BCUT2D eigenvalue weighted by Crippen LogP contribution is 2.19. The molecule has 0 aromatic heterocycles. The third-order valence-electron chi connectivity index (χ3n) is 15.6. The molecule has 0 aliphatic heterocycles. The smallest absolute Gasteiger partial charge is 0.306 e. The van der Waals surface area contributed by atoms with E-state index in [1.165, 1.54) is 295 Å². The lowest BCUT2D eigenvalue weighted by Gasteiger charge is -2.18. The van der Waals surface area contributed by atoms with Crippen LogP contribution in [0.5, 0.6) is 0 Å². The van der Waals surface area contributed by atoms with Crippen LogP contribution in [0.2, 0.25) is 0 Å². The minimum Gasteiger partial charge on any atom is -0.462 e. The van der Waals surface area contributed by atoms with Crippen LogP contribution in [-0.4, -0.2) is 37.2 Å². The summed E-state index contributed by atoms with van der Waals surface area (Å²) >= 11 is 0. The highest BCUT2D eigenvalue weighted by atomic mass is 16.6. The maximum Gasteiger partial charge on any atom is 0.306 e. The van der Waals surface area contributed by atoms with Gasteiger partial charge >= 0.3 is 17.9 Å². The van der Waals surface area contributed by atoms with Crippen molar-refractivity contribution in [2.45, 2.75) is 399 Å². The van der Waals surface area contributed by atoms with E-state index >= 15 is 0 Å². The Labute approximate surface area is 457 Å². The van der Waals surface area contributed by atoms with Gasteiger partial charge in [0.1, 0.15) is 13.2 Å². The third kappa shape index (κ3) is 61.1. The predicted molar refractivity (Wildman–Crippen MR) is 317 cm³/mol. The van der Waals surface area contributed by atoms with E-state index in [9.17, 15) is 14.4 Å². The quantitative estimate of drug-likeness (QED) is 0.0343. The number of carbonyl (C=O) groups excluding carboxylic acids is 3. The zero-order chi connectivity index (χ0) is 52.9. The van der Waals surface area contributed by atoms with Crippen molar-refractivity contribution in [3.05, 3.63) is 0 Å². The normalized spacial score (nSPS) is 11.5. The Bertz CT molecular complexity index is 1030. The SMILES string of the molecule is CCCCCCCCCCCCCCCCCCCCCC(=O)OCC(COC(=O)CCCCCCCCCCCCCCCCCCCCC)OC(=O)CCCCCCCCCCCCCCCCCCC. The van der Waals surface area contributed by atoms with Crippen molar-refractivity contribution >= 4 is 17.9 Å². The molecular weight excluding hydrogens is 901 g/mol. The van der Waals surface area contributed by atoms with Crippen LogP contribution in [0.25, 0.3) is 0 Å². The Morgan fingerprint density at radius 1 is 0.219 bits per heavy atom. The van der Waals surface area contributed by atoms with Gasteiger partial charge in [0.2, 0.25) is 0 Å². The van der Waals surface area contributed by atoms with Gasteiger partial charge in [-0.3, -0.25) is 14.4 Å². The van der Waals surface area contributed by atoms with Crippen molar-refractivity contribution in [2.24, 2.45) is 0 Å². The van der Waals surface area contributed by atoms with Crippen LogP contribution in [0.4, 0.5) is 0 Å². The molecule has 0 aliphatic carbocycles. The van der Waals surface area contributed by atoms with Crippen LogP contribution in [0.15, 0.2) is 0 Å². The molecule has 0 rings (SSSR count). The van der Waals surface area contributed by atoms with Crippen molar-refractivity contribution in [3.8, 4) is 0 Å². The molecule has 0 saturated carbocycles. The molecule has 0 unspecified atom stereocenters. The van der Waals surface area contributed by atoms with Crippen molar-refractivity contribution in [3.63, 3.8) is 0 Å². The van der Waals surface area contributed by atoms with Gasteiger partial charge in [0.15, 0.2) is 6.10 Å². The molecule has 73 heavy (non-hydrogen) atoms. The van der Waals surface area contributed by atoms with Crippen LogP contribution < -0.4 is 0 Å². The first-order chi connectivity index (χ1) is 36.0. The minimum absolute atomic E-state index is 0.0602. The van der Waals surface area contributed by atoms with E-state index in [2.05, 4.69) is 20.8 Å². The lowest BCUT2D eigenvalue weighted by molar-refractivity contribution is -0.167. The molecule has 0 radical (unpaired) electrons. The summed E-state index contributed by atoms with van der Waals surface area (Å²) in [5, 5.41) is 0. The van der Waals surface area contributed by atoms with Gasteiger partial charge in [0.25, 0.3) is 0 Å². The molecule has 0 aromatic carbocycles. The van der Waals surface area contributed by atoms with Crippen LogP contribution in [0, 0.1) is 0 Å². The van der Waals surface area contributed by atoms with Gasteiger partial charge in [-0.1, -0.05) is 355 Å². The van der Waals surface area contributed by atoms with E-state index in [0.29, 0.717) is 19.3 Å². The lowest BCUT2D eigenvalue weighted by atomic mass is 10.0. The molecule has 0 bridgehead atoms. The number of hydrogen-bond acceptors (Lipinski definition) is 6. The number of rotatable bonds is 63. The average Bonchev–Trinajstić information content (AvgIpc) is 3.39. The summed E-state index contributed by atoms with van der Waals surface area (Å²) in [6.45, 7) is 6.74. The Kier molecular flexibility index (Phi) is 61.6. The second kappa shape index (κ2) is 62.9. The van der Waals surface area contributed by atoms with Gasteiger partial charge in [-0.05, 0) is 19.3 Å². The Morgan fingerprint density at radius 2 is 0.370 bits per heavy atom. The fraction of sp³-hybridized carbons (Fsp3) is 0.955. The second-order valence-corrected chi connectivity index (χ2v) is 23.1. The van der Waals surface area contributed by atoms with Gasteiger partial charge in [-0.2, -0.15) is 0 Å². The molecule has 0 N–H and O–H groups in total. The molecule has 0 heterocycles. The van der Waals surface area contributed by atoms with Crippen LogP contribution in [-0.2, 0) is 28.6 Å². The van der Waals surface area contributed by atoms with E-state index in [4.69, 9.17) is 14.2 Å². The topological polar surface area (TPSA) is 78.9 Å². The Hall–Kier alpha value is -1.59. The number of unbranched alkanes of at least 4 members (excludes halogenated alkanes) is 52. The zero-order valence-corrected chi connectivity index (χ0v) is 50.0. The molecule has 0 amide bonds. The number of hydrogen-bond donors (Lipinski definition) is 0. The molecule has 0 fully saturated rings. The summed E-state index contributed by atoms with van der Waals surface area (Å²) in [6.07, 6.45) is 72.5. The van der Waals surface area contributed by atoms with E-state index in [0.717, 1.165) is 57.8 Å². The summed E-state index contributed by atoms with van der Waals surface area (Å²) in [5.41, 5.74) is 0. The van der Waals surface area contributed by atoms with E-state index in [1.807, 2.05) is 0 Å². The van der Waals surface area contributed by atoms with Crippen LogP contribution >= 0.6 is 0 Å². The predicted octanol–water partition coefficient (Wildman–Crippen LogP) is 22.7. The van der Waals surface area contributed by atoms with Crippen molar-refractivity contribution < 1.29 is 28.6 Å². The monoisotopic (exact) mass is 1030 g/mol. The van der Waals surface area contributed by atoms with Gasteiger partial charge in [-0.15, -0.1) is 0 Å². The summed E-state index contributed by atoms with van der Waals surface area (Å²) < 4.78 is 17.0. The second-order valence-electron chi connectivity index (χ2n) is 23.1. The first-order valence-electron chi connectivity index (χ1n) is 33.5. The highest BCUT2D eigenvalue weighted by molar-refractivity contribution is 5.71. The van der Waals surface area contributed by atoms with Crippen molar-refractivity contribution in [1.82, 2.24) is 0 Å². The average molecular weight is 1030 g/mol. The van der Waals surface area contributed by atoms with Gasteiger partial charge in [0, 0.05) is 19.3 Å². The highest BCUT2D eigenvalue weighted by Gasteiger charge is 2.19. The van der Waals surface area contributed by atoms with Gasteiger partial charge in [-0.25, -0.2) is 0 Å². The molecule has 0 atom stereocenters. The number of esters is 3. The number of carbonyl (C=O) groups is 3. The molecule has 434 valence electrons. The van der Waals surface area contributed by atoms with E-state index in [1.54, 1.807) is 0 Å². The summed E-state index contributed by atoms with van der Waals surface area (Å²) in [4.78, 5) is 38.4. The van der Waals surface area contributed by atoms with Crippen LogP contribution in [0.3, 0.4) is 0 Å². The van der Waals surface area contributed by atoms with Gasteiger partial charge in [0.05, 0.1) is 0 Å². The maximum atomic E-state index is 12.9. The van der Waals surface area contributed by atoms with Crippen LogP contribution in [0.1, 0.15) is 393 Å². The first-order valence-corrected chi connectivity index (χ1v) is 33.5. The lowest BCUT2D eigenvalue weighted by Crippen LogP contribution is -2.30. The summed E-state index contributed by atoms with van der Waals surface area (Å²) in [7, 11) is 0. The number of ether oxygens (including phenoxy) is 3. The molecule has 0 aliphatic rings. The first kappa shape index (κ1) is 71.4.